The number of allylic oxidation sites excluding steroid dienone is 2. The standard InChI is InChI=1S/C20H22O3/c1-5-7-15-9-11-17(21-3)19(13-15)23-20-14-16(8-6-2)10-12-18(20)22-4/h5-6,9-14H,1-2,7-8H2,3-4H3. The molecule has 0 saturated carbocycles. The Bertz CT molecular complexity index is 630. The van der Waals surface area contributed by atoms with Crippen LogP contribution >= 0.6 is 0 Å². The Balaban J connectivity index is 2.40. The number of rotatable bonds is 8. The Kier molecular flexibility index (Phi) is 5.87. The first-order chi connectivity index (χ1) is 11.2. The Morgan fingerprint density at radius 1 is 0.739 bits per heavy atom. The first kappa shape index (κ1) is 16.7. The lowest BCUT2D eigenvalue weighted by Crippen LogP contribution is -1.95. The van der Waals surface area contributed by atoms with E-state index in [4.69, 9.17) is 14.2 Å². The summed E-state index contributed by atoms with van der Waals surface area (Å²) in [6.07, 6.45) is 5.26. The van der Waals surface area contributed by atoms with Crippen LogP contribution in [0.25, 0.3) is 0 Å². The minimum Gasteiger partial charge on any atom is -0.493 e. The molecular formula is C20H22O3. The van der Waals surface area contributed by atoms with Crippen molar-refractivity contribution in [1.29, 1.82) is 0 Å². The minimum absolute atomic E-state index is 0.654. The summed E-state index contributed by atoms with van der Waals surface area (Å²) in [5.41, 5.74) is 2.22. The molecule has 23 heavy (non-hydrogen) atoms. The first-order valence-electron chi connectivity index (χ1n) is 7.45. The molecule has 0 spiro atoms. The van der Waals surface area contributed by atoms with Gasteiger partial charge in [0.15, 0.2) is 23.0 Å². The summed E-state index contributed by atoms with van der Waals surface area (Å²) in [6.45, 7) is 7.54. The van der Waals surface area contributed by atoms with Gasteiger partial charge in [0, 0.05) is 0 Å². The van der Waals surface area contributed by atoms with Gasteiger partial charge in [0.1, 0.15) is 0 Å². The molecule has 2 rings (SSSR count). The van der Waals surface area contributed by atoms with Crippen molar-refractivity contribution in [1.82, 2.24) is 0 Å². The zero-order valence-electron chi connectivity index (χ0n) is 13.7. The van der Waals surface area contributed by atoms with E-state index in [0.717, 1.165) is 24.0 Å². The second-order valence-electron chi connectivity index (χ2n) is 5.06. The highest BCUT2D eigenvalue weighted by Gasteiger charge is 2.11. The summed E-state index contributed by atoms with van der Waals surface area (Å²) in [5.74, 6) is 2.66. The molecule has 2 aromatic carbocycles. The Morgan fingerprint density at radius 2 is 1.17 bits per heavy atom. The molecule has 0 aromatic heterocycles. The van der Waals surface area contributed by atoms with E-state index in [1.54, 1.807) is 14.2 Å². The van der Waals surface area contributed by atoms with E-state index >= 15 is 0 Å². The van der Waals surface area contributed by atoms with Crippen LogP contribution in [0.5, 0.6) is 23.0 Å². The molecule has 0 aliphatic heterocycles. The molecule has 3 heteroatoms. The number of ether oxygens (including phenoxy) is 3. The van der Waals surface area contributed by atoms with Gasteiger partial charge in [0.2, 0.25) is 0 Å². The van der Waals surface area contributed by atoms with Crippen molar-refractivity contribution in [2.75, 3.05) is 14.2 Å². The van der Waals surface area contributed by atoms with Gasteiger partial charge >= 0.3 is 0 Å². The fourth-order valence-electron chi connectivity index (χ4n) is 2.31. The van der Waals surface area contributed by atoms with Crippen LogP contribution in [-0.4, -0.2) is 14.2 Å². The average Bonchev–Trinajstić information content (AvgIpc) is 2.56. The maximum atomic E-state index is 6.08. The van der Waals surface area contributed by atoms with Gasteiger partial charge in [-0.25, -0.2) is 0 Å². The summed E-state index contributed by atoms with van der Waals surface area (Å²) in [5, 5.41) is 0. The predicted octanol–water partition coefficient (Wildman–Crippen LogP) is 4.95. The summed E-state index contributed by atoms with van der Waals surface area (Å²) < 4.78 is 16.9. The fourth-order valence-corrected chi connectivity index (χ4v) is 2.31. The van der Waals surface area contributed by atoms with Crippen LogP contribution in [0.2, 0.25) is 0 Å². The van der Waals surface area contributed by atoms with Crippen molar-refractivity contribution in [2.45, 2.75) is 12.8 Å². The molecule has 0 heterocycles. The number of methoxy groups -OCH3 is 2. The SMILES string of the molecule is C=CCc1ccc(OC)c(Oc2cc(CC=C)ccc2OC)c1. The van der Waals surface area contributed by atoms with Crippen LogP contribution in [0.1, 0.15) is 11.1 Å². The molecule has 0 unspecified atom stereocenters. The lowest BCUT2D eigenvalue weighted by Gasteiger charge is -2.15. The molecule has 0 aliphatic rings. The van der Waals surface area contributed by atoms with Gasteiger partial charge in [0.05, 0.1) is 14.2 Å². The van der Waals surface area contributed by atoms with Gasteiger partial charge in [-0.2, -0.15) is 0 Å². The van der Waals surface area contributed by atoms with E-state index in [0.29, 0.717) is 23.0 Å². The maximum absolute atomic E-state index is 6.08. The normalized spacial score (nSPS) is 10.0. The molecule has 0 fully saturated rings. The van der Waals surface area contributed by atoms with Crippen LogP contribution in [-0.2, 0) is 12.8 Å². The van der Waals surface area contributed by atoms with Crippen molar-refractivity contribution in [2.24, 2.45) is 0 Å². The zero-order chi connectivity index (χ0) is 16.7. The van der Waals surface area contributed by atoms with Crippen molar-refractivity contribution in [3.63, 3.8) is 0 Å². The molecular weight excluding hydrogens is 288 g/mol. The van der Waals surface area contributed by atoms with E-state index in [1.807, 2.05) is 48.6 Å². The van der Waals surface area contributed by atoms with Crippen molar-refractivity contribution < 1.29 is 14.2 Å². The molecule has 120 valence electrons. The third-order valence-corrected chi connectivity index (χ3v) is 3.44. The van der Waals surface area contributed by atoms with Gasteiger partial charge in [-0.05, 0) is 48.2 Å². The van der Waals surface area contributed by atoms with Crippen molar-refractivity contribution >= 4 is 0 Å². The minimum atomic E-state index is 0.654. The van der Waals surface area contributed by atoms with E-state index in [9.17, 15) is 0 Å². The summed E-state index contributed by atoms with van der Waals surface area (Å²) in [6, 6.07) is 11.7. The summed E-state index contributed by atoms with van der Waals surface area (Å²) >= 11 is 0. The van der Waals surface area contributed by atoms with Gasteiger partial charge in [-0.15, -0.1) is 13.2 Å². The molecule has 0 radical (unpaired) electrons. The lowest BCUT2D eigenvalue weighted by atomic mass is 10.1. The second kappa shape index (κ2) is 8.08. The Labute approximate surface area is 137 Å². The third kappa shape index (κ3) is 4.16. The Hall–Kier alpha value is -2.68. The number of hydrogen-bond acceptors (Lipinski definition) is 3. The monoisotopic (exact) mass is 310 g/mol. The van der Waals surface area contributed by atoms with Crippen LogP contribution in [0.3, 0.4) is 0 Å². The van der Waals surface area contributed by atoms with E-state index < -0.39 is 0 Å². The molecule has 2 aromatic rings. The van der Waals surface area contributed by atoms with Gasteiger partial charge in [-0.3, -0.25) is 0 Å². The Morgan fingerprint density at radius 3 is 1.52 bits per heavy atom. The van der Waals surface area contributed by atoms with Crippen molar-refractivity contribution in [3.05, 3.63) is 72.8 Å². The van der Waals surface area contributed by atoms with Gasteiger partial charge < -0.3 is 14.2 Å². The van der Waals surface area contributed by atoms with Crippen LogP contribution in [0.15, 0.2) is 61.7 Å². The van der Waals surface area contributed by atoms with Crippen molar-refractivity contribution in [3.8, 4) is 23.0 Å². The van der Waals surface area contributed by atoms with E-state index in [1.165, 1.54) is 0 Å². The molecule has 0 bridgehead atoms. The highest BCUT2D eigenvalue weighted by atomic mass is 16.5. The smallest absolute Gasteiger partial charge is 0.169 e. The molecule has 3 nitrogen and oxygen atoms in total. The molecule has 0 saturated heterocycles. The molecule has 0 atom stereocenters. The molecule has 0 amide bonds. The fraction of sp³-hybridized carbons (Fsp3) is 0.200. The topological polar surface area (TPSA) is 27.7 Å². The van der Waals surface area contributed by atoms with E-state index in [2.05, 4.69) is 13.2 Å². The van der Waals surface area contributed by atoms with Crippen LogP contribution in [0, 0.1) is 0 Å². The molecule has 0 N–H and O–H groups in total. The second-order valence-corrected chi connectivity index (χ2v) is 5.06. The quantitative estimate of drug-likeness (QED) is 0.645. The highest BCUT2D eigenvalue weighted by molar-refractivity contribution is 5.50. The third-order valence-electron chi connectivity index (χ3n) is 3.44. The first-order valence-corrected chi connectivity index (χ1v) is 7.45. The predicted molar refractivity (Wildman–Crippen MR) is 93.9 cm³/mol. The van der Waals surface area contributed by atoms with Crippen LogP contribution < -0.4 is 14.2 Å². The maximum Gasteiger partial charge on any atom is 0.169 e. The summed E-state index contributed by atoms with van der Waals surface area (Å²) in [7, 11) is 3.25. The number of hydrogen-bond donors (Lipinski definition) is 0. The summed E-state index contributed by atoms with van der Waals surface area (Å²) in [4.78, 5) is 0. The highest BCUT2D eigenvalue weighted by Crippen LogP contribution is 2.37. The van der Waals surface area contributed by atoms with Crippen LogP contribution in [0.4, 0.5) is 0 Å². The zero-order valence-corrected chi connectivity index (χ0v) is 13.7. The average molecular weight is 310 g/mol. The van der Waals surface area contributed by atoms with E-state index in [-0.39, 0.29) is 0 Å². The lowest BCUT2D eigenvalue weighted by molar-refractivity contribution is 0.356. The molecule has 0 aliphatic carbocycles. The number of benzene rings is 2. The van der Waals surface area contributed by atoms with Gasteiger partial charge in [0.25, 0.3) is 0 Å². The van der Waals surface area contributed by atoms with Gasteiger partial charge in [-0.1, -0.05) is 24.3 Å². The largest absolute Gasteiger partial charge is 0.493 e.